The fourth-order valence-corrected chi connectivity index (χ4v) is 1.64. The van der Waals surface area contributed by atoms with Crippen LogP contribution in [-0.2, 0) is 6.18 Å². The summed E-state index contributed by atoms with van der Waals surface area (Å²) < 4.78 is 36.9. The minimum atomic E-state index is -4.56. The molecule has 0 saturated carbocycles. The average molecular weight is 303 g/mol. The van der Waals surface area contributed by atoms with Gasteiger partial charge in [0.2, 0.25) is 0 Å². The minimum absolute atomic E-state index is 0.0397. The topological polar surface area (TPSA) is 40.5 Å². The number of hydrogen-bond acceptors (Lipinski definition) is 2. The summed E-state index contributed by atoms with van der Waals surface area (Å²) in [6, 6.07) is 1.37. The maximum atomic E-state index is 12.3. The van der Waals surface area contributed by atoms with Gasteiger partial charge in [-0.05, 0) is 28.1 Å². The van der Waals surface area contributed by atoms with E-state index in [4.69, 9.17) is 21.6 Å². The SMILES string of the molecule is OB(O)c1cc(C(F)(F)F)cc(Br)c1Cl. The Hall–Kier alpha value is -0.235. The molecular formula is C7H4BBrClF3O2. The largest absolute Gasteiger partial charge is 0.490 e. The van der Waals surface area contributed by atoms with Gasteiger partial charge in [-0.25, -0.2) is 0 Å². The normalized spacial score (nSPS) is 11.7. The summed E-state index contributed by atoms with van der Waals surface area (Å²) in [5, 5.41) is 17.4. The number of alkyl halides is 3. The molecule has 0 radical (unpaired) electrons. The van der Waals surface area contributed by atoms with E-state index in [0.717, 1.165) is 6.07 Å². The summed E-state index contributed by atoms with van der Waals surface area (Å²) in [7, 11) is -2.05. The Labute approximate surface area is 96.9 Å². The van der Waals surface area contributed by atoms with Crippen LogP contribution >= 0.6 is 27.5 Å². The second kappa shape index (κ2) is 4.33. The molecule has 0 aromatic heterocycles. The van der Waals surface area contributed by atoms with Crippen molar-refractivity contribution in [1.29, 1.82) is 0 Å². The average Bonchev–Trinajstić information content (AvgIpc) is 2.06. The van der Waals surface area contributed by atoms with Crippen LogP contribution in [0.4, 0.5) is 13.2 Å². The molecule has 1 rings (SSSR count). The molecule has 0 aliphatic heterocycles. The first-order valence-corrected chi connectivity index (χ1v) is 4.83. The first kappa shape index (κ1) is 12.8. The van der Waals surface area contributed by atoms with Gasteiger partial charge in [0.1, 0.15) is 0 Å². The zero-order valence-corrected chi connectivity index (χ0v) is 9.36. The highest BCUT2D eigenvalue weighted by molar-refractivity contribution is 9.10. The lowest BCUT2D eigenvalue weighted by Gasteiger charge is -2.11. The van der Waals surface area contributed by atoms with Crippen molar-refractivity contribution in [3.8, 4) is 0 Å². The molecule has 8 heteroatoms. The third kappa shape index (κ3) is 2.87. The van der Waals surface area contributed by atoms with E-state index in [-0.39, 0.29) is 9.50 Å². The van der Waals surface area contributed by atoms with Crippen LogP contribution in [-0.4, -0.2) is 17.2 Å². The van der Waals surface area contributed by atoms with Crippen LogP contribution in [0.2, 0.25) is 5.02 Å². The van der Waals surface area contributed by atoms with Crippen molar-refractivity contribution in [1.82, 2.24) is 0 Å². The molecular weight excluding hydrogens is 299 g/mol. The Morgan fingerprint density at radius 1 is 1.27 bits per heavy atom. The van der Waals surface area contributed by atoms with Crippen LogP contribution in [0, 0.1) is 0 Å². The van der Waals surface area contributed by atoms with Crippen molar-refractivity contribution in [3.05, 3.63) is 27.2 Å². The van der Waals surface area contributed by atoms with Crippen LogP contribution in [0.3, 0.4) is 0 Å². The highest BCUT2D eigenvalue weighted by Crippen LogP contribution is 2.32. The van der Waals surface area contributed by atoms with Crippen molar-refractivity contribution in [2.24, 2.45) is 0 Å². The first-order chi connectivity index (χ1) is 6.73. The van der Waals surface area contributed by atoms with Crippen LogP contribution in [0.1, 0.15) is 5.56 Å². The molecule has 15 heavy (non-hydrogen) atoms. The van der Waals surface area contributed by atoms with Crippen molar-refractivity contribution in [3.63, 3.8) is 0 Å². The Balaban J connectivity index is 3.36. The van der Waals surface area contributed by atoms with Gasteiger partial charge in [0.25, 0.3) is 0 Å². The molecule has 0 unspecified atom stereocenters. The van der Waals surface area contributed by atoms with Crippen molar-refractivity contribution in [2.45, 2.75) is 6.18 Å². The lowest BCUT2D eigenvalue weighted by molar-refractivity contribution is -0.137. The summed E-state index contributed by atoms with van der Waals surface area (Å²) in [6.07, 6.45) is -4.56. The molecule has 0 spiro atoms. The van der Waals surface area contributed by atoms with Gasteiger partial charge in [-0.3, -0.25) is 0 Å². The number of hydrogen-bond donors (Lipinski definition) is 2. The lowest BCUT2D eigenvalue weighted by Crippen LogP contribution is -2.32. The molecule has 0 saturated heterocycles. The molecule has 1 aromatic carbocycles. The van der Waals surface area contributed by atoms with Crippen LogP contribution in [0.15, 0.2) is 16.6 Å². The van der Waals surface area contributed by atoms with Gasteiger partial charge in [-0.2, -0.15) is 13.2 Å². The van der Waals surface area contributed by atoms with Crippen molar-refractivity contribution >= 4 is 40.1 Å². The fraction of sp³-hybridized carbons (Fsp3) is 0.143. The Morgan fingerprint density at radius 3 is 2.20 bits per heavy atom. The van der Waals surface area contributed by atoms with E-state index < -0.39 is 24.3 Å². The molecule has 1 aromatic rings. The third-order valence-electron chi connectivity index (χ3n) is 1.66. The minimum Gasteiger partial charge on any atom is -0.423 e. The van der Waals surface area contributed by atoms with E-state index in [2.05, 4.69) is 15.9 Å². The van der Waals surface area contributed by atoms with Gasteiger partial charge >= 0.3 is 13.3 Å². The molecule has 2 nitrogen and oxygen atoms in total. The molecule has 0 atom stereocenters. The second-order valence-electron chi connectivity index (χ2n) is 2.73. The number of halogens is 5. The lowest BCUT2D eigenvalue weighted by atomic mass is 9.79. The molecule has 82 valence electrons. The third-order valence-corrected chi connectivity index (χ3v) is 2.94. The second-order valence-corrected chi connectivity index (χ2v) is 3.97. The maximum Gasteiger partial charge on any atom is 0.490 e. The predicted octanol–water partition coefficient (Wildman–Crippen LogP) is 1.80. The van der Waals surface area contributed by atoms with Gasteiger partial charge in [0, 0.05) is 9.94 Å². The molecule has 2 N–H and O–H groups in total. The van der Waals surface area contributed by atoms with Crippen molar-refractivity contribution < 1.29 is 23.2 Å². The van der Waals surface area contributed by atoms with E-state index in [0.29, 0.717) is 6.07 Å². The van der Waals surface area contributed by atoms with Gasteiger partial charge < -0.3 is 10.0 Å². The van der Waals surface area contributed by atoms with Crippen LogP contribution in [0.25, 0.3) is 0 Å². The molecule has 0 heterocycles. The highest BCUT2D eigenvalue weighted by atomic mass is 79.9. The molecule has 0 bridgehead atoms. The first-order valence-electron chi connectivity index (χ1n) is 3.65. The summed E-state index contributed by atoms with van der Waals surface area (Å²) >= 11 is 8.38. The molecule has 0 aliphatic carbocycles. The molecule has 0 fully saturated rings. The highest BCUT2D eigenvalue weighted by Gasteiger charge is 2.33. The Bertz CT molecular complexity index is 383. The van der Waals surface area contributed by atoms with Gasteiger partial charge in [-0.15, -0.1) is 0 Å². The number of benzene rings is 1. The van der Waals surface area contributed by atoms with Crippen LogP contribution < -0.4 is 5.46 Å². The molecule has 0 aliphatic rings. The summed E-state index contributed by atoms with van der Waals surface area (Å²) in [5.74, 6) is 0. The van der Waals surface area contributed by atoms with E-state index >= 15 is 0 Å². The van der Waals surface area contributed by atoms with Gasteiger partial charge in [0.15, 0.2) is 0 Å². The monoisotopic (exact) mass is 302 g/mol. The smallest absolute Gasteiger partial charge is 0.423 e. The van der Waals surface area contributed by atoms with E-state index in [1.807, 2.05) is 0 Å². The Morgan fingerprint density at radius 2 is 1.80 bits per heavy atom. The molecule has 0 amide bonds. The zero-order valence-electron chi connectivity index (χ0n) is 7.02. The van der Waals surface area contributed by atoms with E-state index in [1.54, 1.807) is 0 Å². The number of rotatable bonds is 1. The summed E-state index contributed by atoms with van der Waals surface area (Å²) in [6.45, 7) is 0. The quantitative estimate of drug-likeness (QED) is 0.777. The van der Waals surface area contributed by atoms with Crippen molar-refractivity contribution in [2.75, 3.05) is 0 Å². The zero-order chi connectivity index (χ0) is 11.8. The van der Waals surface area contributed by atoms with Gasteiger partial charge in [0.05, 0.1) is 10.6 Å². The van der Waals surface area contributed by atoms with Gasteiger partial charge in [-0.1, -0.05) is 11.6 Å². The van der Waals surface area contributed by atoms with E-state index in [9.17, 15) is 13.2 Å². The van der Waals surface area contributed by atoms with E-state index in [1.165, 1.54) is 0 Å². The fourth-order valence-electron chi connectivity index (χ4n) is 0.962. The Kier molecular flexibility index (Phi) is 3.70. The maximum absolute atomic E-state index is 12.3. The van der Waals surface area contributed by atoms with Crippen LogP contribution in [0.5, 0.6) is 0 Å². The summed E-state index contributed by atoms with van der Waals surface area (Å²) in [4.78, 5) is 0. The standard InChI is InChI=1S/C7H4BBrClF3O2/c9-5-2-3(7(11,12)13)1-4(6(5)10)8(14)15/h1-2,14-15H. The predicted molar refractivity (Wildman–Crippen MR) is 54.0 cm³/mol. The summed E-state index contributed by atoms with van der Waals surface area (Å²) in [5.41, 5.74) is -1.39.